The van der Waals surface area contributed by atoms with Gasteiger partial charge in [0.2, 0.25) is 5.91 Å². The van der Waals surface area contributed by atoms with E-state index in [9.17, 15) is 22.8 Å². The smallest absolute Gasteiger partial charge is 0.417 e. The molecule has 0 spiro atoms. The van der Waals surface area contributed by atoms with Crippen molar-refractivity contribution in [2.75, 3.05) is 13.2 Å². The Bertz CT molecular complexity index is 854. The van der Waals surface area contributed by atoms with Gasteiger partial charge < -0.3 is 19.7 Å². The number of hydrogen-bond donors (Lipinski definition) is 1. The number of fused-ring (bicyclic) bond motifs is 1. The second-order valence-corrected chi connectivity index (χ2v) is 9.25. The van der Waals surface area contributed by atoms with Crippen molar-refractivity contribution in [1.29, 1.82) is 0 Å². The predicted molar refractivity (Wildman–Crippen MR) is 110 cm³/mol. The van der Waals surface area contributed by atoms with Crippen LogP contribution in [0.3, 0.4) is 0 Å². The van der Waals surface area contributed by atoms with Crippen molar-refractivity contribution in [2.45, 2.75) is 77.4 Å². The van der Waals surface area contributed by atoms with Gasteiger partial charge in [-0.2, -0.15) is 13.2 Å². The average molecular weight is 457 g/mol. The fourth-order valence-electron chi connectivity index (χ4n) is 4.25. The van der Waals surface area contributed by atoms with Gasteiger partial charge in [-0.1, -0.05) is 0 Å². The first-order valence-corrected chi connectivity index (χ1v) is 10.8. The number of amides is 2. The van der Waals surface area contributed by atoms with Crippen LogP contribution in [0, 0.1) is 5.92 Å². The Labute approximate surface area is 185 Å². The normalized spacial score (nSPS) is 23.6. The highest BCUT2D eigenvalue weighted by molar-refractivity contribution is 5.80. The van der Waals surface area contributed by atoms with Crippen LogP contribution >= 0.6 is 0 Å². The highest BCUT2D eigenvalue weighted by Gasteiger charge is 2.43. The highest BCUT2D eigenvalue weighted by atomic mass is 19.4. The van der Waals surface area contributed by atoms with Crippen molar-refractivity contribution in [1.82, 2.24) is 15.2 Å². The van der Waals surface area contributed by atoms with Crippen LogP contribution in [0.4, 0.5) is 18.0 Å². The summed E-state index contributed by atoms with van der Waals surface area (Å²) < 4.78 is 50.3. The van der Waals surface area contributed by atoms with Crippen molar-refractivity contribution in [3.63, 3.8) is 0 Å². The van der Waals surface area contributed by atoms with Gasteiger partial charge in [-0.25, -0.2) is 4.79 Å². The number of ether oxygens (including phenoxy) is 2. The molecule has 1 saturated carbocycles. The summed E-state index contributed by atoms with van der Waals surface area (Å²) >= 11 is 0. The van der Waals surface area contributed by atoms with Gasteiger partial charge in [0, 0.05) is 44.0 Å². The van der Waals surface area contributed by atoms with Gasteiger partial charge in [0.1, 0.15) is 5.60 Å². The second-order valence-electron chi connectivity index (χ2n) is 9.25. The summed E-state index contributed by atoms with van der Waals surface area (Å²) in [5.74, 6) is -0.671. The van der Waals surface area contributed by atoms with E-state index >= 15 is 0 Å². The number of carbonyl (C=O) groups is 2. The van der Waals surface area contributed by atoms with E-state index in [2.05, 4.69) is 10.3 Å². The lowest BCUT2D eigenvalue weighted by Crippen LogP contribution is -2.43. The molecule has 2 amide bonds. The molecule has 178 valence electrons. The predicted octanol–water partition coefficient (Wildman–Crippen LogP) is 3.69. The molecule has 7 nitrogen and oxygen atoms in total. The molecule has 1 aromatic rings. The number of carbonyl (C=O) groups excluding carboxylic acids is 2. The zero-order valence-corrected chi connectivity index (χ0v) is 18.8. The minimum absolute atomic E-state index is 0.0740. The molecule has 1 fully saturated rings. The maximum Gasteiger partial charge on any atom is 0.417 e. The minimum Gasteiger partial charge on any atom is -0.444 e. The van der Waals surface area contributed by atoms with Crippen LogP contribution in [0.1, 0.15) is 57.4 Å². The molecule has 1 aromatic heterocycles. The maximum atomic E-state index is 13.3. The van der Waals surface area contributed by atoms with Gasteiger partial charge in [0.15, 0.2) is 0 Å². The first-order valence-electron chi connectivity index (χ1n) is 10.8. The minimum atomic E-state index is -4.49. The topological polar surface area (TPSA) is 80.8 Å². The van der Waals surface area contributed by atoms with Crippen molar-refractivity contribution in [2.24, 2.45) is 5.92 Å². The van der Waals surface area contributed by atoms with E-state index < -0.39 is 29.4 Å². The lowest BCUT2D eigenvalue weighted by atomic mass is 9.99. The van der Waals surface area contributed by atoms with E-state index in [-0.39, 0.29) is 24.6 Å². The standard InChI is InChI=1S/C22H30F3N3O4/c1-5-31-18-10-15(27-20(30)32-21(2,3)4)9-16(18)19(29)28-7-6-17-13(12-28)8-14(11-26-17)22(23,24)25/h8,11,15-16,18H,5-7,9-10,12H2,1-4H3,(H,27,30)/t15?,16?,18-/m1/s1. The first-order chi connectivity index (χ1) is 14.9. The summed E-state index contributed by atoms with van der Waals surface area (Å²) in [6.07, 6.45) is -3.34. The van der Waals surface area contributed by atoms with E-state index in [1.165, 1.54) is 0 Å². The van der Waals surface area contributed by atoms with Crippen LogP contribution < -0.4 is 5.32 Å². The molecule has 2 heterocycles. The van der Waals surface area contributed by atoms with Crippen LogP contribution in [0.25, 0.3) is 0 Å². The molecule has 0 saturated heterocycles. The summed E-state index contributed by atoms with van der Waals surface area (Å²) in [5.41, 5.74) is -0.463. The van der Waals surface area contributed by atoms with Crippen LogP contribution in [-0.4, -0.2) is 52.8 Å². The molecule has 1 N–H and O–H groups in total. The highest BCUT2D eigenvalue weighted by Crippen LogP contribution is 2.34. The number of halogens is 3. The summed E-state index contributed by atoms with van der Waals surface area (Å²) in [5, 5.41) is 2.80. The number of aromatic nitrogens is 1. The Kier molecular flexibility index (Phi) is 7.02. The van der Waals surface area contributed by atoms with Gasteiger partial charge in [-0.15, -0.1) is 0 Å². The summed E-state index contributed by atoms with van der Waals surface area (Å²) in [6, 6.07) is 0.787. The number of pyridine rings is 1. The average Bonchev–Trinajstić information content (AvgIpc) is 3.06. The molecule has 1 aliphatic carbocycles. The molecular weight excluding hydrogens is 427 g/mol. The monoisotopic (exact) mass is 457 g/mol. The number of nitrogens with zero attached hydrogens (tertiary/aromatic N) is 2. The van der Waals surface area contributed by atoms with Gasteiger partial charge in [-0.05, 0) is 52.2 Å². The Morgan fingerprint density at radius 2 is 1.97 bits per heavy atom. The van der Waals surface area contributed by atoms with Gasteiger partial charge in [0.25, 0.3) is 0 Å². The molecule has 10 heteroatoms. The third-order valence-electron chi connectivity index (χ3n) is 5.60. The number of alkyl carbamates (subject to hydrolysis) is 1. The quantitative estimate of drug-likeness (QED) is 0.746. The van der Waals surface area contributed by atoms with E-state index in [0.717, 1.165) is 12.3 Å². The van der Waals surface area contributed by atoms with Crippen LogP contribution in [0.15, 0.2) is 12.3 Å². The Balaban J connectivity index is 1.69. The van der Waals surface area contributed by atoms with E-state index in [1.807, 2.05) is 6.92 Å². The number of nitrogens with one attached hydrogen (secondary N) is 1. The van der Waals surface area contributed by atoms with E-state index in [4.69, 9.17) is 9.47 Å². The largest absolute Gasteiger partial charge is 0.444 e. The first kappa shape index (κ1) is 24.3. The van der Waals surface area contributed by atoms with Crippen LogP contribution in [0.5, 0.6) is 0 Å². The Morgan fingerprint density at radius 3 is 2.59 bits per heavy atom. The molecular formula is C22H30F3N3O4. The molecule has 0 bridgehead atoms. The van der Waals surface area contributed by atoms with E-state index in [1.54, 1.807) is 25.7 Å². The van der Waals surface area contributed by atoms with Crippen molar-refractivity contribution in [3.05, 3.63) is 29.1 Å². The Morgan fingerprint density at radius 1 is 1.25 bits per heavy atom. The number of hydrogen-bond acceptors (Lipinski definition) is 5. The zero-order chi connectivity index (χ0) is 23.7. The van der Waals surface area contributed by atoms with E-state index in [0.29, 0.717) is 43.7 Å². The fourth-order valence-corrected chi connectivity index (χ4v) is 4.25. The molecule has 3 atom stereocenters. The molecule has 0 aromatic carbocycles. The van der Waals surface area contributed by atoms with Crippen LogP contribution in [-0.2, 0) is 33.4 Å². The molecule has 32 heavy (non-hydrogen) atoms. The number of rotatable bonds is 4. The fraction of sp³-hybridized carbons (Fsp3) is 0.682. The number of alkyl halides is 3. The molecule has 0 radical (unpaired) electrons. The van der Waals surface area contributed by atoms with Crippen molar-refractivity contribution >= 4 is 12.0 Å². The van der Waals surface area contributed by atoms with Crippen molar-refractivity contribution < 1.29 is 32.2 Å². The second kappa shape index (κ2) is 9.25. The molecule has 2 unspecified atom stereocenters. The summed E-state index contributed by atoms with van der Waals surface area (Å²) in [4.78, 5) is 31.0. The summed E-state index contributed by atoms with van der Waals surface area (Å²) in [7, 11) is 0. The van der Waals surface area contributed by atoms with Gasteiger partial charge in [-0.3, -0.25) is 9.78 Å². The lowest BCUT2D eigenvalue weighted by molar-refractivity contribution is -0.140. The van der Waals surface area contributed by atoms with Crippen molar-refractivity contribution in [3.8, 4) is 0 Å². The Hall–Kier alpha value is -2.36. The molecule has 3 rings (SSSR count). The van der Waals surface area contributed by atoms with Gasteiger partial charge in [0.05, 0.1) is 17.6 Å². The zero-order valence-electron chi connectivity index (χ0n) is 18.8. The SMILES string of the molecule is CCO[C@@H]1CC(NC(=O)OC(C)(C)C)CC1C(=O)N1CCc2ncc(C(F)(F)F)cc2C1. The third kappa shape index (κ3) is 5.90. The molecule has 2 aliphatic rings. The maximum absolute atomic E-state index is 13.3. The van der Waals surface area contributed by atoms with Crippen LogP contribution in [0.2, 0.25) is 0 Å². The van der Waals surface area contributed by atoms with Gasteiger partial charge >= 0.3 is 12.3 Å². The third-order valence-corrected chi connectivity index (χ3v) is 5.60. The molecule has 1 aliphatic heterocycles. The lowest BCUT2D eigenvalue weighted by Gasteiger charge is -2.32. The summed E-state index contributed by atoms with van der Waals surface area (Å²) in [6.45, 7) is 8.00.